The Hall–Kier alpha value is -0.900. The summed E-state index contributed by atoms with van der Waals surface area (Å²) >= 11 is 0. The quantitative estimate of drug-likeness (QED) is 0.646. The van der Waals surface area contributed by atoms with Crippen LogP contribution in [0.4, 0.5) is 0 Å². The van der Waals surface area contributed by atoms with Gasteiger partial charge in [-0.15, -0.1) is 0 Å². The highest BCUT2D eigenvalue weighted by atomic mass is 16.1. The van der Waals surface area contributed by atoms with Gasteiger partial charge in [0.15, 0.2) is 0 Å². The first-order chi connectivity index (χ1) is 6.09. The molecule has 13 heavy (non-hydrogen) atoms. The third-order valence-electron chi connectivity index (χ3n) is 2.27. The van der Waals surface area contributed by atoms with Crippen LogP contribution in [0.25, 0.3) is 0 Å². The summed E-state index contributed by atoms with van der Waals surface area (Å²) in [6, 6.07) is 0.260. The molecule has 1 amide bonds. The molecule has 1 saturated heterocycles. The largest absolute Gasteiger partial charge is 0.355 e. The molecule has 1 heterocycles. The minimum Gasteiger partial charge on any atom is -0.355 e. The van der Waals surface area contributed by atoms with E-state index in [9.17, 15) is 9.59 Å². The summed E-state index contributed by atoms with van der Waals surface area (Å²) in [7, 11) is 0. The van der Waals surface area contributed by atoms with Crippen molar-refractivity contribution in [2.24, 2.45) is 0 Å². The van der Waals surface area contributed by atoms with Crippen molar-refractivity contribution in [3.8, 4) is 0 Å². The van der Waals surface area contributed by atoms with Crippen molar-refractivity contribution in [2.75, 3.05) is 19.6 Å². The van der Waals surface area contributed by atoms with E-state index in [1.807, 2.05) is 11.8 Å². The highest BCUT2D eigenvalue weighted by molar-refractivity contribution is 5.78. The Morgan fingerprint density at radius 2 is 2.38 bits per heavy atom. The molecule has 4 heteroatoms. The molecular formula is C9H16N2O2. The van der Waals surface area contributed by atoms with Crippen LogP contribution in [0.15, 0.2) is 0 Å². The fourth-order valence-corrected chi connectivity index (χ4v) is 1.47. The lowest BCUT2D eigenvalue weighted by molar-refractivity contribution is -0.121. The van der Waals surface area contributed by atoms with E-state index in [1.54, 1.807) is 6.92 Å². The van der Waals surface area contributed by atoms with Crippen molar-refractivity contribution < 1.29 is 9.59 Å². The molecule has 4 nitrogen and oxygen atoms in total. The maximum Gasteiger partial charge on any atom is 0.221 e. The molecule has 0 bridgehead atoms. The third-order valence-corrected chi connectivity index (χ3v) is 2.27. The molecule has 0 saturated carbocycles. The van der Waals surface area contributed by atoms with Gasteiger partial charge in [-0.2, -0.15) is 0 Å². The number of carbonyl (C=O) groups excluding carboxylic acids is 2. The van der Waals surface area contributed by atoms with Crippen molar-refractivity contribution in [2.45, 2.75) is 26.3 Å². The van der Waals surface area contributed by atoms with Crippen molar-refractivity contribution in [3.05, 3.63) is 0 Å². The van der Waals surface area contributed by atoms with E-state index in [0.29, 0.717) is 26.1 Å². The first-order valence-electron chi connectivity index (χ1n) is 4.60. The number of amides is 1. The number of Topliss-reactive ketones (excluding diaryl/α,β-unsaturated/α-hetero) is 1. The minimum absolute atomic E-state index is 0.0814. The second-order valence-electron chi connectivity index (χ2n) is 3.58. The zero-order chi connectivity index (χ0) is 9.84. The second-order valence-corrected chi connectivity index (χ2v) is 3.58. The van der Waals surface area contributed by atoms with E-state index in [2.05, 4.69) is 5.32 Å². The van der Waals surface area contributed by atoms with Gasteiger partial charge in [0.2, 0.25) is 5.91 Å². The van der Waals surface area contributed by atoms with Crippen molar-refractivity contribution >= 4 is 11.7 Å². The Balaban J connectivity index is 2.51. The van der Waals surface area contributed by atoms with Crippen LogP contribution in [0.3, 0.4) is 0 Å². The van der Waals surface area contributed by atoms with Crippen LogP contribution in [0, 0.1) is 0 Å². The summed E-state index contributed by atoms with van der Waals surface area (Å²) in [6.07, 6.45) is 0.498. The number of nitrogens with zero attached hydrogens (tertiary/aromatic N) is 1. The highest BCUT2D eigenvalue weighted by Gasteiger charge is 2.20. The molecular weight excluding hydrogens is 168 g/mol. The van der Waals surface area contributed by atoms with E-state index < -0.39 is 0 Å². The number of carbonyl (C=O) groups is 2. The Morgan fingerprint density at radius 1 is 1.69 bits per heavy atom. The van der Waals surface area contributed by atoms with E-state index in [-0.39, 0.29) is 17.7 Å². The Labute approximate surface area is 78.3 Å². The normalized spacial score (nSPS) is 25.1. The van der Waals surface area contributed by atoms with Gasteiger partial charge in [-0.25, -0.2) is 0 Å². The average molecular weight is 184 g/mol. The molecule has 0 spiro atoms. The van der Waals surface area contributed by atoms with Gasteiger partial charge in [-0.1, -0.05) is 0 Å². The monoisotopic (exact) mass is 184 g/mol. The summed E-state index contributed by atoms with van der Waals surface area (Å²) < 4.78 is 0. The Bertz CT molecular complexity index is 216. The molecule has 1 rings (SSSR count). The standard InChI is InChI=1S/C9H16N2O2/c1-7-5-10-9(13)3-4-11(7)6-8(2)12/h7H,3-6H2,1-2H3,(H,10,13). The van der Waals surface area contributed by atoms with Gasteiger partial charge in [-0.05, 0) is 13.8 Å². The van der Waals surface area contributed by atoms with Gasteiger partial charge in [0.25, 0.3) is 0 Å². The van der Waals surface area contributed by atoms with E-state index >= 15 is 0 Å². The second kappa shape index (κ2) is 4.37. The number of hydrogen-bond donors (Lipinski definition) is 1. The predicted molar refractivity (Wildman–Crippen MR) is 49.3 cm³/mol. The lowest BCUT2D eigenvalue weighted by atomic mass is 10.2. The summed E-state index contributed by atoms with van der Waals surface area (Å²) in [5.74, 6) is 0.235. The van der Waals surface area contributed by atoms with Gasteiger partial charge < -0.3 is 5.32 Å². The molecule has 0 aromatic heterocycles. The fourth-order valence-electron chi connectivity index (χ4n) is 1.47. The first kappa shape index (κ1) is 10.2. The van der Waals surface area contributed by atoms with Crippen molar-refractivity contribution in [1.82, 2.24) is 10.2 Å². The molecule has 1 aliphatic heterocycles. The Kier molecular flexibility index (Phi) is 3.42. The van der Waals surface area contributed by atoms with Gasteiger partial charge in [0.1, 0.15) is 5.78 Å². The molecule has 0 aromatic rings. The van der Waals surface area contributed by atoms with Crippen LogP contribution in [-0.2, 0) is 9.59 Å². The lowest BCUT2D eigenvalue weighted by Gasteiger charge is -2.24. The lowest BCUT2D eigenvalue weighted by Crippen LogP contribution is -2.40. The zero-order valence-electron chi connectivity index (χ0n) is 8.17. The highest BCUT2D eigenvalue weighted by Crippen LogP contribution is 2.03. The molecule has 1 unspecified atom stereocenters. The van der Waals surface area contributed by atoms with Crippen LogP contribution in [0.5, 0.6) is 0 Å². The van der Waals surface area contributed by atoms with Gasteiger partial charge in [0.05, 0.1) is 6.54 Å². The third kappa shape index (κ3) is 3.14. The molecule has 1 atom stereocenters. The number of hydrogen-bond acceptors (Lipinski definition) is 3. The maximum atomic E-state index is 11.0. The number of rotatable bonds is 2. The van der Waals surface area contributed by atoms with Crippen LogP contribution in [0.2, 0.25) is 0 Å². The smallest absolute Gasteiger partial charge is 0.221 e. The molecule has 1 aliphatic rings. The number of nitrogens with one attached hydrogen (secondary N) is 1. The molecule has 0 aliphatic carbocycles. The fraction of sp³-hybridized carbons (Fsp3) is 0.778. The molecule has 1 fully saturated rings. The minimum atomic E-state index is 0.0814. The number of ketones is 1. The first-order valence-corrected chi connectivity index (χ1v) is 4.60. The predicted octanol–water partition coefficient (Wildman–Crippen LogP) is -0.214. The van der Waals surface area contributed by atoms with Crippen molar-refractivity contribution in [1.29, 1.82) is 0 Å². The van der Waals surface area contributed by atoms with Gasteiger partial charge in [0, 0.05) is 25.6 Å². The van der Waals surface area contributed by atoms with Gasteiger partial charge >= 0.3 is 0 Å². The van der Waals surface area contributed by atoms with E-state index in [0.717, 1.165) is 0 Å². The summed E-state index contributed by atoms with van der Waals surface area (Å²) in [5, 5.41) is 2.81. The SMILES string of the molecule is CC(=O)CN1CCC(=O)NCC1C. The molecule has 0 radical (unpaired) electrons. The molecule has 0 aromatic carbocycles. The summed E-state index contributed by atoms with van der Waals surface area (Å²) in [4.78, 5) is 24.0. The van der Waals surface area contributed by atoms with E-state index in [4.69, 9.17) is 0 Å². The molecule has 1 N–H and O–H groups in total. The van der Waals surface area contributed by atoms with Crippen LogP contribution in [-0.4, -0.2) is 42.3 Å². The Morgan fingerprint density at radius 3 is 3.00 bits per heavy atom. The van der Waals surface area contributed by atoms with Crippen molar-refractivity contribution in [3.63, 3.8) is 0 Å². The summed E-state index contributed by atoms with van der Waals surface area (Å²) in [6.45, 7) is 5.39. The van der Waals surface area contributed by atoms with Crippen LogP contribution >= 0.6 is 0 Å². The van der Waals surface area contributed by atoms with Crippen LogP contribution < -0.4 is 5.32 Å². The topological polar surface area (TPSA) is 49.4 Å². The summed E-state index contributed by atoms with van der Waals surface area (Å²) in [5.41, 5.74) is 0. The van der Waals surface area contributed by atoms with Crippen LogP contribution in [0.1, 0.15) is 20.3 Å². The maximum absolute atomic E-state index is 11.0. The molecule has 74 valence electrons. The zero-order valence-corrected chi connectivity index (χ0v) is 8.17. The average Bonchev–Trinajstić information content (AvgIpc) is 2.19. The van der Waals surface area contributed by atoms with E-state index in [1.165, 1.54) is 0 Å². The van der Waals surface area contributed by atoms with Gasteiger partial charge in [-0.3, -0.25) is 14.5 Å².